The van der Waals surface area contributed by atoms with Crippen molar-refractivity contribution in [2.24, 2.45) is 0 Å². The first-order chi connectivity index (χ1) is 44.0. The van der Waals surface area contributed by atoms with Crippen LogP contribution in [0.3, 0.4) is 0 Å². The molecule has 8 heterocycles. The predicted molar refractivity (Wildman–Crippen MR) is 360 cm³/mol. The van der Waals surface area contributed by atoms with Gasteiger partial charge >= 0.3 is 0 Å². The molecule has 4 fully saturated rings. The molecule has 20 nitrogen and oxygen atoms in total. The minimum absolute atomic E-state index is 0.000521. The molecule has 5 aromatic rings. The summed E-state index contributed by atoms with van der Waals surface area (Å²) in [5.41, 5.74) is 9.84. The average molecular weight is 1260 g/mol. The van der Waals surface area contributed by atoms with E-state index in [-0.39, 0.29) is 72.0 Å². The Morgan fingerprint density at radius 2 is 0.946 bits per heavy atom. The first-order valence-electron chi connectivity index (χ1n) is 33.5. The second-order valence-electron chi connectivity index (χ2n) is 28.8. The number of morpholine rings is 2. The standard InChI is InChI=1S/C72H98N12O8/c1-45(2)57-17-13-11-15-51(57)27-53-29-59-65(77-67(53)87)71(7,8)43-83(59)63(85)41-81-35-47(5)73-33-55(81)37-79-23-25-91-61(39-79)69(89)75-31-49-19-21-50(22-20-49)32-76-70(90)62-40-80(24-26-92-62)38-56-34-74-48(6)36-82(56)42-64(86)84-44-72(9,10)66-60(84)30-54(68(88)78-66)28-52-16-12-14-18-58(52)46(3)4/h11-22,29-30,45-48,55-56,61-62,73-74H,23-28,31-44H2,1-10H3,(H,75,89)(H,76,90)(H,77,87)(H,78,88)/t47-,48-,55-,56-,61+,62+/m1/s1. The van der Waals surface area contributed by atoms with E-state index >= 15 is 0 Å². The molecule has 6 atom stereocenters. The van der Waals surface area contributed by atoms with Gasteiger partial charge in [-0.25, -0.2) is 0 Å². The lowest BCUT2D eigenvalue weighted by atomic mass is 9.90. The number of carbonyl (C=O) groups excluding carboxylic acids is 4. The number of aromatic amines is 2. The van der Waals surface area contributed by atoms with Gasteiger partial charge in [-0.05, 0) is 71.2 Å². The van der Waals surface area contributed by atoms with E-state index < -0.39 is 23.0 Å². The number of nitrogens with one attached hydrogen (secondary N) is 6. The summed E-state index contributed by atoms with van der Waals surface area (Å²) in [5.74, 6) is 0.255. The summed E-state index contributed by atoms with van der Waals surface area (Å²) in [6.45, 7) is 30.4. The Bertz CT molecular complexity index is 3370. The molecule has 6 N–H and O–H groups in total. The van der Waals surface area contributed by atoms with Crippen molar-refractivity contribution < 1.29 is 28.7 Å². The number of hydrogen-bond donors (Lipinski definition) is 6. The SMILES string of the molecule is CC(C)c1ccccc1Cc1cc2c([nH]c1=O)C(C)(C)CN2C(=O)CN1C[C@@H](C)NC[C@@H]1CN1CCO[C@H](C(=O)NCc2ccc(CNC(=O)[C@@H]3CN(C[C@H]4CN[C@H](C)CN4CC(=O)N4CC(C)(C)c5[nH]c(=O)c(Cc6ccccc6C(C)C)cc54)CCO3)cc2)C1. The van der Waals surface area contributed by atoms with Gasteiger partial charge in [0.25, 0.3) is 22.9 Å². The highest BCUT2D eigenvalue weighted by Gasteiger charge is 2.44. The maximum atomic E-state index is 14.5. The summed E-state index contributed by atoms with van der Waals surface area (Å²) in [4.78, 5) is 103. The third kappa shape index (κ3) is 15.3. The number of hydrogen-bond acceptors (Lipinski definition) is 14. The van der Waals surface area contributed by atoms with Crippen molar-refractivity contribution in [3.8, 4) is 0 Å². The van der Waals surface area contributed by atoms with Crippen LogP contribution in [0.2, 0.25) is 0 Å². The molecule has 4 saturated heterocycles. The monoisotopic (exact) mass is 1260 g/mol. The van der Waals surface area contributed by atoms with E-state index in [1.54, 1.807) is 0 Å². The lowest BCUT2D eigenvalue weighted by molar-refractivity contribution is -0.139. The van der Waals surface area contributed by atoms with Crippen LogP contribution in [0.4, 0.5) is 11.4 Å². The molecule has 6 aliphatic heterocycles. The van der Waals surface area contributed by atoms with Gasteiger partial charge in [-0.15, -0.1) is 0 Å². The number of fused-ring (bicyclic) bond motifs is 2. The third-order valence-electron chi connectivity index (χ3n) is 19.9. The summed E-state index contributed by atoms with van der Waals surface area (Å²) in [7, 11) is 0. The fourth-order valence-corrected chi connectivity index (χ4v) is 14.7. The van der Waals surface area contributed by atoms with Crippen molar-refractivity contribution >= 4 is 35.0 Å². The minimum atomic E-state index is -0.653. The third-order valence-corrected chi connectivity index (χ3v) is 19.9. The molecule has 0 spiro atoms. The van der Waals surface area contributed by atoms with Gasteiger partial charge in [0.1, 0.15) is 12.2 Å². The van der Waals surface area contributed by atoms with E-state index in [0.717, 1.165) is 45.0 Å². The molecule has 11 rings (SSSR count). The normalized spacial score (nSPS) is 23.6. The van der Waals surface area contributed by atoms with E-state index in [0.29, 0.717) is 141 Å². The van der Waals surface area contributed by atoms with Crippen molar-refractivity contribution in [2.45, 2.75) is 154 Å². The second kappa shape index (κ2) is 28.4. The molecular formula is C72H98N12O8. The van der Waals surface area contributed by atoms with Crippen LogP contribution < -0.4 is 42.2 Å². The van der Waals surface area contributed by atoms with E-state index in [1.165, 1.54) is 11.1 Å². The summed E-state index contributed by atoms with van der Waals surface area (Å²) in [6.07, 6.45) is -0.337. The van der Waals surface area contributed by atoms with Crippen LogP contribution in [-0.4, -0.2) is 194 Å². The van der Waals surface area contributed by atoms with Crippen LogP contribution in [0.25, 0.3) is 0 Å². The van der Waals surface area contributed by atoms with Gasteiger partial charge < -0.3 is 50.5 Å². The van der Waals surface area contributed by atoms with Crippen molar-refractivity contribution in [3.05, 3.63) is 162 Å². The molecule has 2 aromatic heterocycles. The molecule has 20 heteroatoms. The average Bonchev–Trinajstić information content (AvgIpc) is 1.61. The number of ether oxygens (including phenoxy) is 2. The summed E-state index contributed by atoms with van der Waals surface area (Å²) in [5, 5.41) is 13.4. The van der Waals surface area contributed by atoms with Crippen LogP contribution in [0.5, 0.6) is 0 Å². The number of benzene rings is 3. The molecule has 0 radical (unpaired) electrons. The van der Waals surface area contributed by atoms with Crippen molar-refractivity contribution in [2.75, 3.05) is 115 Å². The molecule has 6 aliphatic rings. The quantitative estimate of drug-likeness (QED) is 0.0598. The van der Waals surface area contributed by atoms with Crippen molar-refractivity contribution in [1.82, 2.24) is 50.8 Å². The number of H-pyrrole nitrogens is 2. The summed E-state index contributed by atoms with van der Waals surface area (Å²) < 4.78 is 12.1. The van der Waals surface area contributed by atoms with E-state index in [2.05, 4.69) is 144 Å². The van der Waals surface area contributed by atoms with Gasteiger partial charge in [-0.2, -0.15) is 0 Å². The van der Waals surface area contributed by atoms with Crippen LogP contribution in [-0.2, 0) is 65.4 Å². The molecule has 92 heavy (non-hydrogen) atoms. The Kier molecular flexibility index (Phi) is 20.5. The maximum absolute atomic E-state index is 14.5. The molecular weight excluding hydrogens is 1160 g/mol. The van der Waals surface area contributed by atoms with E-state index in [1.807, 2.05) is 70.5 Å². The largest absolute Gasteiger partial charge is 0.366 e. The fraction of sp³-hybridized carbons (Fsp3) is 0.556. The summed E-state index contributed by atoms with van der Waals surface area (Å²) >= 11 is 0. The predicted octanol–water partition coefficient (Wildman–Crippen LogP) is 5.10. The highest BCUT2D eigenvalue weighted by Crippen LogP contribution is 2.41. The van der Waals surface area contributed by atoms with Crippen molar-refractivity contribution in [1.29, 1.82) is 0 Å². The van der Waals surface area contributed by atoms with Gasteiger partial charge in [0, 0.05) is 162 Å². The number of carbonyl (C=O) groups is 4. The zero-order valence-electron chi connectivity index (χ0n) is 55.8. The molecule has 0 bridgehead atoms. The molecule has 494 valence electrons. The Labute approximate surface area is 542 Å². The highest BCUT2D eigenvalue weighted by atomic mass is 16.5. The number of nitrogens with zero attached hydrogens (tertiary/aromatic N) is 6. The molecule has 0 saturated carbocycles. The number of anilines is 2. The number of pyridine rings is 2. The van der Waals surface area contributed by atoms with E-state index in [4.69, 9.17) is 9.47 Å². The Balaban J connectivity index is 0.635. The summed E-state index contributed by atoms with van der Waals surface area (Å²) in [6, 6.07) is 28.6. The number of piperazine rings is 2. The number of rotatable bonds is 20. The van der Waals surface area contributed by atoms with Crippen LogP contribution in [0.1, 0.15) is 137 Å². The number of amides is 4. The first kappa shape index (κ1) is 66.6. The first-order valence-corrected chi connectivity index (χ1v) is 33.5. The lowest BCUT2D eigenvalue weighted by Gasteiger charge is -2.43. The van der Waals surface area contributed by atoms with Crippen LogP contribution in [0.15, 0.2) is 94.5 Å². The zero-order chi connectivity index (χ0) is 65.2. The van der Waals surface area contributed by atoms with Crippen LogP contribution >= 0.6 is 0 Å². The lowest BCUT2D eigenvalue weighted by Crippen LogP contribution is -2.62. The minimum Gasteiger partial charge on any atom is -0.366 e. The second-order valence-corrected chi connectivity index (χ2v) is 28.8. The maximum Gasteiger partial charge on any atom is 0.251 e. The van der Waals surface area contributed by atoms with E-state index in [9.17, 15) is 28.8 Å². The highest BCUT2D eigenvalue weighted by molar-refractivity contribution is 5.98. The number of aromatic nitrogens is 2. The zero-order valence-corrected chi connectivity index (χ0v) is 55.8. The van der Waals surface area contributed by atoms with Gasteiger partial charge in [0.05, 0.1) is 37.7 Å². The van der Waals surface area contributed by atoms with Gasteiger partial charge in [-0.1, -0.05) is 128 Å². The molecule has 0 aliphatic carbocycles. The topological polar surface area (TPSA) is 220 Å². The molecule has 3 aromatic carbocycles. The Morgan fingerprint density at radius 3 is 1.34 bits per heavy atom. The molecule has 0 unspecified atom stereocenters. The van der Waals surface area contributed by atoms with Crippen molar-refractivity contribution in [3.63, 3.8) is 0 Å². The van der Waals surface area contributed by atoms with Gasteiger partial charge in [0.2, 0.25) is 11.8 Å². The smallest absolute Gasteiger partial charge is 0.251 e. The Hall–Kier alpha value is -6.88. The molecule has 4 amide bonds. The van der Waals surface area contributed by atoms with Gasteiger partial charge in [-0.3, -0.25) is 48.4 Å². The Morgan fingerprint density at radius 1 is 0.554 bits per heavy atom. The fourth-order valence-electron chi connectivity index (χ4n) is 14.7. The van der Waals surface area contributed by atoms with Crippen LogP contribution in [0, 0.1) is 0 Å². The van der Waals surface area contributed by atoms with Gasteiger partial charge in [0.15, 0.2) is 0 Å².